The third-order valence-corrected chi connectivity index (χ3v) is 4.93. The quantitative estimate of drug-likeness (QED) is 0.269. The fourth-order valence-electron chi connectivity index (χ4n) is 1.33. The summed E-state index contributed by atoms with van der Waals surface area (Å²) in [5, 5.41) is 0.268. The van der Waals surface area contributed by atoms with Gasteiger partial charge >= 0.3 is 0 Å². The summed E-state index contributed by atoms with van der Waals surface area (Å²) in [5.41, 5.74) is 0.466. The van der Waals surface area contributed by atoms with Gasteiger partial charge in [0.2, 0.25) is 0 Å². The van der Waals surface area contributed by atoms with Crippen LogP contribution >= 0.6 is 67.2 Å². The Kier molecular flexibility index (Phi) is 6.52. The summed E-state index contributed by atoms with van der Waals surface area (Å²) >= 11 is 29.7. The molecule has 1 aromatic rings. The molecule has 0 saturated carbocycles. The summed E-state index contributed by atoms with van der Waals surface area (Å²) in [6, 6.07) is 0. The van der Waals surface area contributed by atoms with Crippen molar-refractivity contribution in [3.8, 4) is 0 Å². The summed E-state index contributed by atoms with van der Waals surface area (Å²) in [7, 11) is 2.62. The second-order valence-corrected chi connectivity index (χ2v) is 6.91. The van der Waals surface area contributed by atoms with Gasteiger partial charge in [-0.25, -0.2) is 0 Å². The molecule has 2 atom stereocenters. The Morgan fingerprint density at radius 1 is 1.00 bits per heavy atom. The second kappa shape index (κ2) is 6.97. The van der Waals surface area contributed by atoms with Gasteiger partial charge in [0.15, 0.2) is 5.78 Å². The summed E-state index contributed by atoms with van der Waals surface area (Å²) < 4.78 is 0. The largest absolute Gasteiger partial charge is 0.294 e. The van der Waals surface area contributed by atoms with Gasteiger partial charge < -0.3 is 0 Å². The van der Waals surface area contributed by atoms with Crippen molar-refractivity contribution in [1.29, 1.82) is 0 Å². The topological polar surface area (TPSA) is 17.1 Å². The molecule has 1 rings (SSSR count). The molecule has 0 radical (unpaired) electrons. The van der Waals surface area contributed by atoms with E-state index in [0.717, 1.165) is 0 Å². The summed E-state index contributed by atoms with van der Waals surface area (Å²) in [5.74, 6) is -0.195. The normalized spacial score (nSPS) is 12.6. The molecule has 0 bridgehead atoms. The minimum Gasteiger partial charge on any atom is -0.294 e. The lowest BCUT2D eigenvalue weighted by Gasteiger charge is -2.12. The Morgan fingerprint density at radius 3 is 1.78 bits per heavy atom. The number of hydrogen-bond donors (Lipinski definition) is 0. The fourth-order valence-corrected chi connectivity index (χ4v) is 2.85. The first-order chi connectivity index (χ1) is 8.27. The lowest BCUT2D eigenvalue weighted by Crippen LogP contribution is -2.05. The minimum atomic E-state index is -0.195. The van der Waals surface area contributed by atoms with E-state index in [1.807, 2.05) is 6.92 Å². The number of hydrogen-bond acceptors (Lipinski definition) is 1. The van der Waals surface area contributed by atoms with E-state index >= 15 is 0 Å². The number of carbonyl (C=O) groups excluding carboxylic acids is 1. The van der Waals surface area contributed by atoms with Gasteiger partial charge in [0, 0.05) is 6.42 Å². The van der Waals surface area contributed by atoms with Crippen molar-refractivity contribution >= 4 is 73.0 Å². The summed E-state index contributed by atoms with van der Waals surface area (Å²) in [4.78, 5) is 12.1. The van der Waals surface area contributed by atoms with Crippen LogP contribution in [0.1, 0.15) is 30.1 Å². The molecule has 0 N–H and O–H groups in total. The molecule has 0 aliphatic heterocycles. The van der Waals surface area contributed by atoms with Gasteiger partial charge in [0.05, 0.1) is 30.7 Å². The van der Waals surface area contributed by atoms with Gasteiger partial charge in [0.1, 0.15) is 0 Å². The predicted octanol–water partition coefficient (Wildman–Crippen LogP) is 6.18. The predicted molar refractivity (Wildman–Crippen MR) is 84.2 cm³/mol. The molecule has 0 spiro atoms. The molecule has 0 saturated heterocycles. The third kappa shape index (κ3) is 3.66. The Balaban J connectivity index is 3.21. The molecular weight excluding hydrogens is 356 g/mol. The molecule has 0 aromatic heterocycles. The van der Waals surface area contributed by atoms with Crippen LogP contribution in [0, 0.1) is 0 Å². The average molecular weight is 366 g/mol. The number of benzene rings is 1. The van der Waals surface area contributed by atoms with Crippen LogP contribution in [0.15, 0.2) is 0 Å². The highest BCUT2D eigenvalue weighted by molar-refractivity contribution is 7.17. The number of rotatable bonds is 4. The smallest absolute Gasteiger partial charge is 0.166 e. The van der Waals surface area contributed by atoms with Crippen LogP contribution in [0.2, 0.25) is 25.1 Å². The molecule has 0 aliphatic carbocycles. The van der Waals surface area contributed by atoms with Crippen LogP contribution in [0.5, 0.6) is 0 Å². The second-order valence-electron chi connectivity index (χ2n) is 3.88. The number of ketones is 1. The van der Waals surface area contributed by atoms with Crippen molar-refractivity contribution in [2.45, 2.75) is 25.4 Å². The SMILES string of the molecule is CC(P)CCC(=O)c1c(Cl)c(Cl)c(Cl)c(Cl)c1Cl. The molecule has 100 valence electrons. The van der Waals surface area contributed by atoms with Gasteiger partial charge in [-0.1, -0.05) is 64.9 Å². The summed E-state index contributed by atoms with van der Waals surface area (Å²) in [6.07, 6.45) is 1.02. The number of halogens is 5. The Bertz CT molecular complexity index is 458. The molecule has 7 heteroatoms. The van der Waals surface area contributed by atoms with Gasteiger partial charge in [-0.2, -0.15) is 0 Å². The van der Waals surface area contributed by atoms with Crippen molar-refractivity contribution in [3.63, 3.8) is 0 Å². The maximum absolute atomic E-state index is 12.1. The van der Waals surface area contributed by atoms with E-state index in [-0.39, 0.29) is 36.5 Å². The van der Waals surface area contributed by atoms with E-state index in [1.54, 1.807) is 0 Å². The first kappa shape index (κ1) is 16.8. The van der Waals surface area contributed by atoms with E-state index in [2.05, 4.69) is 9.24 Å². The van der Waals surface area contributed by atoms with E-state index in [0.29, 0.717) is 18.5 Å². The van der Waals surface area contributed by atoms with Crippen molar-refractivity contribution in [2.24, 2.45) is 0 Å². The molecule has 2 unspecified atom stereocenters. The fraction of sp³-hybridized carbons (Fsp3) is 0.364. The molecule has 0 heterocycles. The van der Waals surface area contributed by atoms with Gasteiger partial charge in [-0.15, -0.1) is 9.24 Å². The first-order valence-corrected chi connectivity index (χ1v) is 7.63. The van der Waals surface area contributed by atoms with Crippen LogP contribution in [-0.2, 0) is 0 Å². The minimum absolute atomic E-state index is 0.0509. The first-order valence-electron chi connectivity index (χ1n) is 5.07. The Labute approximate surface area is 133 Å². The molecule has 0 amide bonds. The van der Waals surface area contributed by atoms with Gasteiger partial charge in [-0.3, -0.25) is 4.79 Å². The van der Waals surface area contributed by atoms with Crippen molar-refractivity contribution < 1.29 is 4.79 Å². The maximum Gasteiger partial charge on any atom is 0.166 e. The van der Waals surface area contributed by atoms with Gasteiger partial charge in [-0.05, 0) is 12.1 Å². The monoisotopic (exact) mass is 364 g/mol. The van der Waals surface area contributed by atoms with Crippen molar-refractivity contribution in [1.82, 2.24) is 0 Å². The molecule has 1 aromatic carbocycles. The van der Waals surface area contributed by atoms with Crippen LogP contribution in [0.4, 0.5) is 0 Å². The van der Waals surface area contributed by atoms with E-state index < -0.39 is 0 Å². The van der Waals surface area contributed by atoms with Crippen molar-refractivity contribution in [3.05, 3.63) is 30.7 Å². The van der Waals surface area contributed by atoms with Gasteiger partial charge in [0.25, 0.3) is 0 Å². The summed E-state index contributed by atoms with van der Waals surface area (Å²) in [6.45, 7) is 1.99. The Hall–Kier alpha value is 0.770. The van der Waals surface area contributed by atoms with Crippen LogP contribution in [0.3, 0.4) is 0 Å². The lowest BCUT2D eigenvalue weighted by molar-refractivity contribution is 0.0980. The molecule has 0 aliphatic rings. The van der Waals surface area contributed by atoms with Crippen LogP contribution in [-0.4, -0.2) is 11.4 Å². The van der Waals surface area contributed by atoms with E-state index in [4.69, 9.17) is 58.0 Å². The van der Waals surface area contributed by atoms with E-state index in [9.17, 15) is 4.79 Å². The highest BCUT2D eigenvalue weighted by atomic mass is 35.5. The van der Waals surface area contributed by atoms with Crippen molar-refractivity contribution in [2.75, 3.05) is 0 Å². The molecule has 18 heavy (non-hydrogen) atoms. The highest BCUT2D eigenvalue weighted by Gasteiger charge is 2.23. The zero-order valence-electron chi connectivity index (χ0n) is 9.37. The standard InChI is InChI=1S/C11H10Cl5OP/c1-4(18)2-3-5(17)6-7(12)9(14)11(16)10(15)8(6)13/h4H,2-3,18H2,1H3. The number of carbonyl (C=O) groups is 1. The highest BCUT2D eigenvalue weighted by Crippen LogP contribution is 2.44. The molecular formula is C11H10Cl5OP. The average Bonchev–Trinajstić information content (AvgIpc) is 2.31. The zero-order valence-corrected chi connectivity index (χ0v) is 14.3. The van der Waals surface area contributed by atoms with Crippen LogP contribution in [0.25, 0.3) is 0 Å². The molecule has 1 nitrogen and oxygen atoms in total. The number of Topliss-reactive ketones (excluding diaryl/α,β-unsaturated/α-hetero) is 1. The van der Waals surface area contributed by atoms with Crippen LogP contribution < -0.4 is 0 Å². The zero-order chi connectivity index (χ0) is 14.0. The van der Waals surface area contributed by atoms with E-state index in [1.165, 1.54) is 0 Å². The maximum atomic E-state index is 12.1. The molecule has 0 fully saturated rings. The lowest BCUT2D eigenvalue weighted by atomic mass is 10.1. The third-order valence-electron chi connectivity index (χ3n) is 2.32. The Morgan fingerprint density at radius 2 is 1.39 bits per heavy atom.